The Balaban J connectivity index is 2.84. The van der Waals surface area contributed by atoms with Crippen LogP contribution in [-0.4, -0.2) is 19.0 Å². The largest absolute Gasteiger partial charge is 0.224 e. The number of hydrogen-bond donors (Lipinski definition) is 0. The van der Waals surface area contributed by atoms with E-state index < -0.39 is 9.84 Å². The topological polar surface area (TPSA) is 34.1 Å². The van der Waals surface area contributed by atoms with Crippen molar-refractivity contribution in [2.45, 2.75) is 36.4 Å². The highest BCUT2D eigenvalue weighted by Crippen LogP contribution is 2.16. The van der Waals surface area contributed by atoms with Crippen molar-refractivity contribution in [3.8, 4) is 0 Å². The van der Waals surface area contributed by atoms with Crippen LogP contribution in [0.3, 0.4) is 0 Å². The van der Waals surface area contributed by atoms with Crippen LogP contribution in [-0.2, 0) is 16.3 Å². The number of alkyl halides is 1. The lowest BCUT2D eigenvalue weighted by atomic mass is 10.1. The van der Waals surface area contributed by atoms with Crippen LogP contribution < -0.4 is 0 Å². The summed E-state index contributed by atoms with van der Waals surface area (Å²) in [6.07, 6.45) is 2.00. The van der Waals surface area contributed by atoms with Gasteiger partial charge in [0, 0.05) is 4.83 Å². The smallest absolute Gasteiger partial charge is 0.178 e. The first kappa shape index (κ1) is 13.7. The van der Waals surface area contributed by atoms with E-state index in [0.29, 0.717) is 9.72 Å². The zero-order chi connectivity index (χ0) is 12.2. The Morgan fingerprint density at radius 3 is 2.19 bits per heavy atom. The van der Waals surface area contributed by atoms with Gasteiger partial charge >= 0.3 is 0 Å². The van der Waals surface area contributed by atoms with Crippen LogP contribution in [0.15, 0.2) is 29.2 Å². The molecule has 0 aromatic heterocycles. The predicted molar refractivity (Wildman–Crippen MR) is 70.9 cm³/mol. The minimum absolute atomic E-state index is 0.155. The van der Waals surface area contributed by atoms with Gasteiger partial charge in [-0.3, -0.25) is 0 Å². The van der Waals surface area contributed by atoms with Crippen molar-refractivity contribution >= 4 is 25.8 Å². The van der Waals surface area contributed by atoms with Gasteiger partial charge in [-0.1, -0.05) is 41.9 Å². The van der Waals surface area contributed by atoms with E-state index >= 15 is 0 Å². The molecule has 0 aliphatic rings. The molecule has 0 saturated heterocycles. The molecule has 1 unspecified atom stereocenters. The van der Waals surface area contributed by atoms with E-state index in [2.05, 4.69) is 22.9 Å². The van der Waals surface area contributed by atoms with Crippen LogP contribution in [0.1, 0.15) is 25.8 Å². The van der Waals surface area contributed by atoms with Crippen LogP contribution in [0.25, 0.3) is 0 Å². The molecule has 0 aliphatic carbocycles. The summed E-state index contributed by atoms with van der Waals surface area (Å²) in [7, 11) is -3.06. The van der Waals surface area contributed by atoms with Crippen LogP contribution in [0.4, 0.5) is 0 Å². The fourth-order valence-electron chi connectivity index (χ4n) is 1.40. The second kappa shape index (κ2) is 5.82. The fourth-order valence-corrected chi connectivity index (χ4v) is 2.66. The monoisotopic (exact) mass is 304 g/mol. The van der Waals surface area contributed by atoms with E-state index in [0.717, 1.165) is 12.8 Å². The standard InChI is InChI=1S/C12H17BrO2S/c1-3-11(13)9-10-5-7-12(8-6-10)16(14,15)4-2/h5-8,11H,3-4,9H2,1-2H3. The van der Waals surface area contributed by atoms with Crippen molar-refractivity contribution in [2.75, 3.05) is 5.75 Å². The van der Waals surface area contributed by atoms with Crippen molar-refractivity contribution in [3.63, 3.8) is 0 Å². The van der Waals surface area contributed by atoms with Gasteiger partial charge in [0.1, 0.15) is 0 Å². The molecule has 90 valence electrons. The van der Waals surface area contributed by atoms with E-state index in [4.69, 9.17) is 0 Å². The summed E-state index contributed by atoms with van der Waals surface area (Å²) in [4.78, 5) is 0.877. The van der Waals surface area contributed by atoms with Gasteiger partial charge < -0.3 is 0 Å². The highest BCUT2D eigenvalue weighted by atomic mass is 79.9. The molecule has 0 spiro atoms. The van der Waals surface area contributed by atoms with E-state index in [9.17, 15) is 8.42 Å². The summed E-state index contributed by atoms with van der Waals surface area (Å²) in [5, 5.41) is 0. The summed E-state index contributed by atoms with van der Waals surface area (Å²) < 4.78 is 23.2. The molecule has 0 fully saturated rings. The Hall–Kier alpha value is -0.350. The van der Waals surface area contributed by atoms with Crippen LogP contribution in [0.2, 0.25) is 0 Å². The van der Waals surface area contributed by atoms with Gasteiger partial charge in [-0.2, -0.15) is 0 Å². The predicted octanol–water partition coefficient (Wildman–Crippen LogP) is 3.20. The number of rotatable bonds is 5. The van der Waals surface area contributed by atoms with E-state index in [-0.39, 0.29) is 5.75 Å². The van der Waals surface area contributed by atoms with Gasteiger partial charge in [-0.15, -0.1) is 0 Å². The summed E-state index contributed by atoms with van der Waals surface area (Å²) in [5.74, 6) is 0.155. The summed E-state index contributed by atoms with van der Waals surface area (Å²) in [6.45, 7) is 3.78. The molecule has 1 aromatic rings. The second-order valence-corrected chi connectivity index (χ2v) is 7.33. The number of hydrogen-bond acceptors (Lipinski definition) is 2. The van der Waals surface area contributed by atoms with Crippen molar-refractivity contribution in [3.05, 3.63) is 29.8 Å². The van der Waals surface area contributed by atoms with Gasteiger partial charge in [0.15, 0.2) is 9.84 Å². The van der Waals surface area contributed by atoms with Gasteiger partial charge in [0.05, 0.1) is 10.6 Å². The molecule has 1 atom stereocenters. The van der Waals surface area contributed by atoms with Gasteiger partial charge in [0.2, 0.25) is 0 Å². The maximum absolute atomic E-state index is 11.6. The first-order valence-corrected chi connectivity index (χ1v) is 8.02. The zero-order valence-corrected chi connectivity index (χ0v) is 12.0. The molecule has 0 N–H and O–H groups in total. The summed E-state index contributed by atoms with van der Waals surface area (Å²) >= 11 is 3.57. The van der Waals surface area contributed by atoms with Gasteiger partial charge in [0.25, 0.3) is 0 Å². The Bertz CT molecular complexity index is 423. The maximum atomic E-state index is 11.6. The second-order valence-electron chi connectivity index (χ2n) is 3.76. The lowest BCUT2D eigenvalue weighted by molar-refractivity contribution is 0.597. The third kappa shape index (κ3) is 3.59. The quantitative estimate of drug-likeness (QED) is 0.783. The Morgan fingerprint density at radius 1 is 1.19 bits per heavy atom. The molecule has 0 radical (unpaired) electrons. The molecule has 0 heterocycles. The van der Waals surface area contributed by atoms with Crippen molar-refractivity contribution in [1.29, 1.82) is 0 Å². The van der Waals surface area contributed by atoms with Gasteiger partial charge in [-0.25, -0.2) is 8.42 Å². The molecule has 1 rings (SSSR count). The molecule has 0 saturated carbocycles. The third-order valence-corrected chi connectivity index (χ3v) is 5.28. The fraction of sp³-hybridized carbons (Fsp3) is 0.500. The Morgan fingerprint density at radius 2 is 1.75 bits per heavy atom. The zero-order valence-electron chi connectivity index (χ0n) is 9.61. The highest BCUT2D eigenvalue weighted by Gasteiger charge is 2.11. The first-order chi connectivity index (χ1) is 7.49. The molecule has 0 aliphatic heterocycles. The van der Waals surface area contributed by atoms with Crippen LogP contribution in [0.5, 0.6) is 0 Å². The molecule has 0 bridgehead atoms. The van der Waals surface area contributed by atoms with Crippen molar-refractivity contribution in [1.82, 2.24) is 0 Å². The van der Waals surface area contributed by atoms with Crippen LogP contribution in [0, 0.1) is 0 Å². The van der Waals surface area contributed by atoms with Crippen molar-refractivity contribution in [2.24, 2.45) is 0 Å². The molecule has 0 amide bonds. The molecular formula is C12H17BrO2S. The molecule has 1 aromatic carbocycles. The van der Waals surface area contributed by atoms with E-state index in [1.807, 2.05) is 12.1 Å². The van der Waals surface area contributed by atoms with E-state index in [1.54, 1.807) is 19.1 Å². The Labute approximate surface area is 106 Å². The molecular weight excluding hydrogens is 288 g/mol. The lowest BCUT2D eigenvalue weighted by Gasteiger charge is -2.07. The number of sulfone groups is 1. The first-order valence-electron chi connectivity index (χ1n) is 5.45. The highest BCUT2D eigenvalue weighted by molar-refractivity contribution is 9.09. The Kier molecular flexibility index (Phi) is 4.99. The average Bonchev–Trinajstić information content (AvgIpc) is 2.29. The average molecular weight is 305 g/mol. The third-order valence-electron chi connectivity index (χ3n) is 2.56. The summed E-state index contributed by atoms with van der Waals surface area (Å²) in [5.41, 5.74) is 1.17. The minimum atomic E-state index is -3.06. The summed E-state index contributed by atoms with van der Waals surface area (Å²) in [6, 6.07) is 7.19. The number of benzene rings is 1. The van der Waals surface area contributed by atoms with Gasteiger partial charge in [-0.05, 0) is 30.5 Å². The minimum Gasteiger partial charge on any atom is -0.224 e. The SMILES string of the molecule is CCC(Br)Cc1ccc(S(=O)(=O)CC)cc1. The molecule has 2 nitrogen and oxygen atoms in total. The number of halogens is 1. The maximum Gasteiger partial charge on any atom is 0.178 e. The normalized spacial score (nSPS) is 13.7. The molecule has 4 heteroatoms. The van der Waals surface area contributed by atoms with Crippen molar-refractivity contribution < 1.29 is 8.42 Å². The molecule has 16 heavy (non-hydrogen) atoms. The van der Waals surface area contributed by atoms with Crippen LogP contribution >= 0.6 is 15.9 Å². The van der Waals surface area contributed by atoms with E-state index in [1.165, 1.54) is 5.56 Å². The lowest BCUT2D eigenvalue weighted by Crippen LogP contribution is -2.04.